The third-order valence-electron chi connectivity index (χ3n) is 4.04. The Morgan fingerprint density at radius 1 is 0.778 bits per heavy atom. The van der Waals surface area contributed by atoms with Crippen LogP contribution in [0.5, 0.6) is 28.7 Å². The number of phenolic OH excluding ortho intramolecular Hbond substituents is 2. The highest BCUT2D eigenvalue weighted by Crippen LogP contribution is 2.36. The van der Waals surface area contributed by atoms with Gasteiger partial charge >= 0.3 is 0 Å². The number of para-hydroxylation sites is 1. The summed E-state index contributed by atoms with van der Waals surface area (Å²) in [5.74, 6) is -0.419. The molecule has 0 spiro atoms. The normalized spacial score (nSPS) is 10.8. The van der Waals surface area contributed by atoms with Crippen LogP contribution in [0.3, 0.4) is 0 Å². The van der Waals surface area contributed by atoms with E-state index in [1.807, 2.05) is 18.2 Å². The summed E-state index contributed by atoms with van der Waals surface area (Å²) in [4.78, 5) is 12.4. The van der Waals surface area contributed by atoms with E-state index in [9.17, 15) is 20.1 Å². The van der Waals surface area contributed by atoms with Crippen LogP contribution < -0.4 is 10.2 Å². The minimum absolute atomic E-state index is 0.0387. The molecule has 1 aromatic heterocycles. The Bertz CT molecular complexity index is 1190. The van der Waals surface area contributed by atoms with Gasteiger partial charge in [-0.2, -0.15) is 0 Å². The lowest BCUT2D eigenvalue weighted by atomic mass is 10.1. The largest absolute Gasteiger partial charge is 0.504 e. The summed E-state index contributed by atoms with van der Waals surface area (Å²) >= 11 is 0. The van der Waals surface area contributed by atoms with Crippen LogP contribution in [0, 0.1) is 0 Å². The standard InChI is InChI=1S/C21H14O6/c22-16-10-15-18(11-17(16)23)27-21(20(25)19(15)24)12-5-4-8-14(9-12)26-13-6-2-1-3-7-13/h1-11,22-23,25H. The Morgan fingerprint density at radius 2 is 1.48 bits per heavy atom. The minimum Gasteiger partial charge on any atom is -0.504 e. The molecule has 0 unspecified atom stereocenters. The zero-order valence-corrected chi connectivity index (χ0v) is 13.9. The molecular formula is C21H14O6. The third kappa shape index (κ3) is 3.04. The van der Waals surface area contributed by atoms with Crippen molar-refractivity contribution >= 4 is 11.0 Å². The summed E-state index contributed by atoms with van der Waals surface area (Å²) < 4.78 is 11.4. The molecule has 0 aliphatic rings. The van der Waals surface area contributed by atoms with E-state index in [2.05, 4.69) is 0 Å². The van der Waals surface area contributed by atoms with Gasteiger partial charge in [-0.25, -0.2) is 0 Å². The monoisotopic (exact) mass is 362 g/mol. The van der Waals surface area contributed by atoms with Crippen LogP contribution in [0.1, 0.15) is 0 Å². The topological polar surface area (TPSA) is 100 Å². The van der Waals surface area contributed by atoms with E-state index in [1.54, 1.807) is 36.4 Å². The Kier molecular flexibility index (Phi) is 3.93. The molecule has 6 heteroatoms. The number of fused-ring (bicyclic) bond motifs is 1. The minimum atomic E-state index is -0.712. The fourth-order valence-corrected chi connectivity index (χ4v) is 2.73. The number of rotatable bonds is 3. The molecule has 6 nitrogen and oxygen atoms in total. The summed E-state index contributed by atoms with van der Waals surface area (Å²) in [6.45, 7) is 0. The molecule has 0 atom stereocenters. The summed E-state index contributed by atoms with van der Waals surface area (Å²) in [7, 11) is 0. The van der Waals surface area contributed by atoms with Gasteiger partial charge in [0.05, 0.1) is 5.39 Å². The van der Waals surface area contributed by atoms with Crippen molar-refractivity contribution < 1.29 is 24.5 Å². The van der Waals surface area contributed by atoms with E-state index in [4.69, 9.17) is 9.15 Å². The molecule has 0 amide bonds. The van der Waals surface area contributed by atoms with E-state index < -0.39 is 22.7 Å². The van der Waals surface area contributed by atoms with Crippen LogP contribution in [-0.4, -0.2) is 15.3 Å². The van der Waals surface area contributed by atoms with Gasteiger partial charge in [-0.05, 0) is 30.3 Å². The first-order valence-electron chi connectivity index (χ1n) is 8.08. The van der Waals surface area contributed by atoms with Gasteiger partial charge in [0.2, 0.25) is 11.2 Å². The number of ether oxygens (including phenoxy) is 1. The average molecular weight is 362 g/mol. The maximum Gasteiger partial charge on any atom is 0.235 e. The lowest BCUT2D eigenvalue weighted by molar-refractivity contribution is 0.403. The van der Waals surface area contributed by atoms with E-state index in [0.29, 0.717) is 17.1 Å². The highest BCUT2D eigenvalue weighted by molar-refractivity contribution is 5.84. The summed E-state index contributed by atoms with van der Waals surface area (Å²) in [5, 5.41) is 29.5. The van der Waals surface area contributed by atoms with E-state index >= 15 is 0 Å². The molecule has 0 aliphatic heterocycles. The smallest absolute Gasteiger partial charge is 0.235 e. The van der Waals surface area contributed by atoms with E-state index in [0.717, 1.165) is 12.1 Å². The van der Waals surface area contributed by atoms with Crippen molar-refractivity contribution in [3.05, 3.63) is 77.0 Å². The molecular weight excluding hydrogens is 348 g/mol. The van der Waals surface area contributed by atoms with Crippen molar-refractivity contribution in [1.29, 1.82) is 0 Å². The Hall–Kier alpha value is -3.93. The van der Waals surface area contributed by atoms with Crippen LogP contribution >= 0.6 is 0 Å². The number of benzene rings is 3. The van der Waals surface area contributed by atoms with Gasteiger partial charge < -0.3 is 24.5 Å². The fraction of sp³-hybridized carbons (Fsp3) is 0. The summed E-state index contributed by atoms with van der Waals surface area (Å²) in [5.41, 5.74) is -0.249. The maximum atomic E-state index is 12.4. The number of aromatic hydroxyl groups is 3. The first-order valence-corrected chi connectivity index (χ1v) is 8.08. The molecule has 0 bridgehead atoms. The van der Waals surface area contributed by atoms with Gasteiger partial charge in [-0.15, -0.1) is 0 Å². The zero-order chi connectivity index (χ0) is 19.0. The van der Waals surface area contributed by atoms with Gasteiger partial charge in [0.25, 0.3) is 0 Å². The molecule has 0 fully saturated rings. The molecule has 3 N–H and O–H groups in total. The molecule has 4 rings (SSSR count). The quantitative estimate of drug-likeness (QED) is 0.468. The average Bonchev–Trinajstić information content (AvgIpc) is 2.67. The van der Waals surface area contributed by atoms with Gasteiger partial charge in [0.15, 0.2) is 17.3 Å². The Balaban J connectivity index is 1.82. The molecule has 0 aliphatic carbocycles. The lowest BCUT2D eigenvalue weighted by Crippen LogP contribution is -2.02. The van der Waals surface area contributed by atoms with E-state index in [-0.39, 0.29) is 16.7 Å². The molecule has 27 heavy (non-hydrogen) atoms. The molecule has 0 saturated carbocycles. The van der Waals surface area contributed by atoms with Gasteiger partial charge in [0.1, 0.15) is 17.1 Å². The first kappa shape index (κ1) is 16.5. The van der Waals surface area contributed by atoms with Crippen molar-refractivity contribution in [2.75, 3.05) is 0 Å². The van der Waals surface area contributed by atoms with Crippen molar-refractivity contribution in [2.24, 2.45) is 0 Å². The van der Waals surface area contributed by atoms with Gasteiger partial charge in [-0.3, -0.25) is 4.79 Å². The maximum absolute atomic E-state index is 12.4. The fourth-order valence-electron chi connectivity index (χ4n) is 2.73. The molecule has 4 aromatic rings. The first-order chi connectivity index (χ1) is 13.0. The lowest BCUT2D eigenvalue weighted by Gasteiger charge is -2.09. The van der Waals surface area contributed by atoms with E-state index in [1.165, 1.54) is 0 Å². The molecule has 3 aromatic carbocycles. The Morgan fingerprint density at radius 3 is 2.26 bits per heavy atom. The second-order valence-corrected chi connectivity index (χ2v) is 5.89. The van der Waals surface area contributed by atoms with Crippen LogP contribution in [-0.2, 0) is 0 Å². The van der Waals surface area contributed by atoms with Crippen molar-refractivity contribution in [3.8, 4) is 40.1 Å². The van der Waals surface area contributed by atoms with Crippen molar-refractivity contribution in [2.45, 2.75) is 0 Å². The van der Waals surface area contributed by atoms with Gasteiger partial charge in [0, 0.05) is 11.6 Å². The molecule has 134 valence electrons. The number of hydrogen-bond donors (Lipinski definition) is 3. The Labute approximate surface area is 153 Å². The number of phenols is 2. The summed E-state index contributed by atoms with van der Waals surface area (Å²) in [6.07, 6.45) is 0. The predicted molar refractivity (Wildman–Crippen MR) is 99.4 cm³/mol. The van der Waals surface area contributed by atoms with Gasteiger partial charge in [-0.1, -0.05) is 30.3 Å². The van der Waals surface area contributed by atoms with Crippen LogP contribution in [0.2, 0.25) is 0 Å². The van der Waals surface area contributed by atoms with Crippen LogP contribution in [0.25, 0.3) is 22.3 Å². The second kappa shape index (κ2) is 6.42. The highest BCUT2D eigenvalue weighted by Gasteiger charge is 2.17. The molecule has 0 saturated heterocycles. The molecule has 0 radical (unpaired) electrons. The predicted octanol–water partition coefficient (Wildman–Crippen LogP) is 4.37. The van der Waals surface area contributed by atoms with Crippen LogP contribution in [0.15, 0.2) is 75.9 Å². The van der Waals surface area contributed by atoms with Crippen molar-refractivity contribution in [3.63, 3.8) is 0 Å². The van der Waals surface area contributed by atoms with Crippen molar-refractivity contribution in [1.82, 2.24) is 0 Å². The molecule has 1 heterocycles. The summed E-state index contributed by atoms with van der Waals surface area (Å²) in [6, 6.07) is 18.0. The second-order valence-electron chi connectivity index (χ2n) is 5.89. The SMILES string of the molecule is O=c1c(O)c(-c2cccc(Oc3ccccc3)c2)oc2cc(O)c(O)cc12. The number of hydrogen-bond acceptors (Lipinski definition) is 6. The third-order valence-corrected chi connectivity index (χ3v) is 4.04. The van der Waals surface area contributed by atoms with Crippen LogP contribution in [0.4, 0.5) is 0 Å². The zero-order valence-electron chi connectivity index (χ0n) is 13.9. The highest BCUT2D eigenvalue weighted by atomic mass is 16.5.